The van der Waals surface area contributed by atoms with E-state index in [0.29, 0.717) is 23.3 Å². The molecule has 0 radical (unpaired) electrons. The van der Waals surface area contributed by atoms with Crippen molar-refractivity contribution in [3.63, 3.8) is 0 Å². The lowest BCUT2D eigenvalue weighted by Gasteiger charge is -2.07. The maximum absolute atomic E-state index is 13.5. The summed E-state index contributed by atoms with van der Waals surface area (Å²) >= 11 is 0. The summed E-state index contributed by atoms with van der Waals surface area (Å²) < 4.78 is 19.1. The molecule has 0 atom stereocenters. The second-order valence-electron chi connectivity index (χ2n) is 5.02. The first-order valence-electron chi connectivity index (χ1n) is 7.15. The van der Waals surface area contributed by atoms with Gasteiger partial charge in [-0.3, -0.25) is 4.79 Å². The Balaban J connectivity index is 2.10. The van der Waals surface area contributed by atoms with Gasteiger partial charge in [0.2, 0.25) is 0 Å². The maximum Gasteiger partial charge on any atom is 0.193 e. The molecule has 0 unspecified atom stereocenters. The Morgan fingerprint density at radius 2 is 1.76 bits per heavy atom. The van der Waals surface area contributed by atoms with Gasteiger partial charge in [-0.2, -0.15) is 0 Å². The smallest absolute Gasteiger partial charge is 0.193 e. The number of ether oxygens (including phenoxy) is 1. The fourth-order valence-corrected chi connectivity index (χ4v) is 1.94. The fraction of sp³-hybridized carbons (Fsp3) is 0.278. The highest BCUT2D eigenvalue weighted by Crippen LogP contribution is 2.17. The van der Waals surface area contributed by atoms with Crippen molar-refractivity contribution < 1.29 is 13.9 Å². The number of aryl methyl sites for hydroxylation is 1. The largest absolute Gasteiger partial charge is 0.494 e. The van der Waals surface area contributed by atoms with Crippen LogP contribution in [0.2, 0.25) is 0 Å². The third-order valence-corrected chi connectivity index (χ3v) is 3.32. The van der Waals surface area contributed by atoms with Crippen LogP contribution in [-0.4, -0.2) is 12.4 Å². The van der Waals surface area contributed by atoms with E-state index >= 15 is 0 Å². The van der Waals surface area contributed by atoms with Crippen molar-refractivity contribution in [1.29, 1.82) is 0 Å². The minimum Gasteiger partial charge on any atom is -0.494 e. The molecule has 2 aromatic carbocycles. The number of carbonyl (C=O) groups is 1. The number of benzene rings is 2. The number of hydrogen-bond donors (Lipinski definition) is 0. The zero-order valence-corrected chi connectivity index (χ0v) is 12.4. The van der Waals surface area contributed by atoms with E-state index in [-0.39, 0.29) is 11.6 Å². The van der Waals surface area contributed by atoms with Crippen LogP contribution in [0, 0.1) is 12.7 Å². The summed E-state index contributed by atoms with van der Waals surface area (Å²) in [5.41, 5.74) is 1.42. The van der Waals surface area contributed by atoms with Crippen LogP contribution in [0.4, 0.5) is 4.39 Å². The van der Waals surface area contributed by atoms with E-state index in [1.165, 1.54) is 6.07 Å². The summed E-state index contributed by atoms with van der Waals surface area (Å²) in [6.07, 6.45) is 2.08. The van der Waals surface area contributed by atoms with Crippen molar-refractivity contribution in [2.45, 2.75) is 26.7 Å². The van der Waals surface area contributed by atoms with E-state index in [2.05, 4.69) is 6.92 Å². The van der Waals surface area contributed by atoms with Crippen molar-refractivity contribution >= 4 is 5.78 Å². The Morgan fingerprint density at radius 1 is 1.10 bits per heavy atom. The number of carbonyl (C=O) groups excluding carboxylic acids is 1. The Kier molecular flexibility index (Phi) is 5.09. The molecule has 2 rings (SSSR count). The number of halogens is 1. The van der Waals surface area contributed by atoms with Crippen molar-refractivity contribution in [1.82, 2.24) is 0 Å². The molecule has 0 saturated heterocycles. The maximum atomic E-state index is 13.5. The number of ketones is 1. The molecule has 0 aromatic heterocycles. The van der Waals surface area contributed by atoms with Gasteiger partial charge in [0.1, 0.15) is 11.6 Å². The van der Waals surface area contributed by atoms with E-state index < -0.39 is 0 Å². The van der Waals surface area contributed by atoms with E-state index in [0.717, 1.165) is 18.6 Å². The van der Waals surface area contributed by atoms with Gasteiger partial charge < -0.3 is 4.74 Å². The van der Waals surface area contributed by atoms with Gasteiger partial charge in [0.25, 0.3) is 0 Å². The molecular weight excluding hydrogens is 267 g/mol. The number of hydrogen-bond acceptors (Lipinski definition) is 2. The van der Waals surface area contributed by atoms with Gasteiger partial charge in [0.15, 0.2) is 5.78 Å². The zero-order chi connectivity index (χ0) is 15.2. The Bertz CT molecular complexity index is 618. The summed E-state index contributed by atoms with van der Waals surface area (Å²) in [4.78, 5) is 12.3. The molecule has 0 saturated carbocycles. The van der Waals surface area contributed by atoms with Gasteiger partial charge in [-0.1, -0.05) is 25.5 Å². The van der Waals surface area contributed by atoms with Crippen LogP contribution in [0.3, 0.4) is 0 Å². The first-order chi connectivity index (χ1) is 10.1. The lowest BCUT2D eigenvalue weighted by atomic mass is 10.0. The normalized spacial score (nSPS) is 10.4. The van der Waals surface area contributed by atoms with E-state index in [1.807, 2.05) is 0 Å². The Hall–Kier alpha value is -2.16. The highest BCUT2D eigenvalue weighted by Gasteiger charge is 2.11. The van der Waals surface area contributed by atoms with Crippen LogP contribution in [0.5, 0.6) is 5.75 Å². The highest BCUT2D eigenvalue weighted by atomic mass is 19.1. The second kappa shape index (κ2) is 7.02. The summed E-state index contributed by atoms with van der Waals surface area (Å²) in [7, 11) is 0. The molecule has 110 valence electrons. The fourth-order valence-electron chi connectivity index (χ4n) is 1.94. The molecule has 0 N–H and O–H groups in total. The van der Waals surface area contributed by atoms with Crippen molar-refractivity contribution in [2.75, 3.05) is 6.61 Å². The van der Waals surface area contributed by atoms with Crippen LogP contribution in [-0.2, 0) is 0 Å². The molecular formula is C18H19FO2. The van der Waals surface area contributed by atoms with Crippen LogP contribution in [0.1, 0.15) is 41.3 Å². The highest BCUT2D eigenvalue weighted by molar-refractivity contribution is 6.09. The predicted molar refractivity (Wildman–Crippen MR) is 81.4 cm³/mol. The third kappa shape index (κ3) is 3.91. The van der Waals surface area contributed by atoms with Crippen LogP contribution in [0.15, 0.2) is 42.5 Å². The van der Waals surface area contributed by atoms with Gasteiger partial charge in [-0.25, -0.2) is 4.39 Å². The lowest BCUT2D eigenvalue weighted by Crippen LogP contribution is -2.03. The zero-order valence-electron chi connectivity index (χ0n) is 12.4. The molecule has 2 aromatic rings. The molecule has 0 aliphatic carbocycles. The van der Waals surface area contributed by atoms with E-state index in [1.54, 1.807) is 43.3 Å². The molecule has 2 nitrogen and oxygen atoms in total. The van der Waals surface area contributed by atoms with Gasteiger partial charge in [0, 0.05) is 11.1 Å². The molecule has 0 spiro atoms. The molecule has 0 heterocycles. The summed E-state index contributed by atoms with van der Waals surface area (Å²) in [5.74, 6) is 0.199. The monoisotopic (exact) mass is 286 g/mol. The van der Waals surface area contributed by atoms with Crippen molar-refractivity contribution in [3.8, 4) is 5.75 Å². The van der Waals surface area contributed by atoms with E-state index in [9.17, 15) is 9.18 Å². The van der Waals surface area contributed by atoms with Gasteiger partial charge >= 0.3 is 0 Å². The lowest BCUT2D eigenvalue weighted by molar-refractivity contribution is 0.103. The number of rotatable bonds is 6. The van der Waals surface area contributed by atoms with Crippen molar-refractivity contribution in [3.05, 3.63) is 65.0 Å². The molecule has 3 heteroatoms. The minimum atomic E-state index is -0.361. The van der Waals surface area contributed by atoms with Crippen LogP contribution < -0.4 is 4.74 Å². The summed E-state index contributed by atoms with van der Waals surface area (Å²) in [6, 6.07) is 11.5. The van der Waals surface area contributed by atoms with Crippen LogP contribution in [0.25, 0.3) is 0 Å². The average Bonchev–Trinajstić information content (AvgIpc) is 2.50. The third-order valence-electron chi connectivity index (χ3n) is 3.32. The molecule has 0 aliphatic rings. The SMILES string of the molecule is CCCCOc1ccc(C(=O)c2ccc(C)c(F)c2)cc1. The predicted octanol–water partition coefficient (Wildman–Crippen LogP) is 4.54. The molecule has 0 aliphatic heterocycles. The van der Waals surface area contributed by atoms with E-state index in [4.69, 9.17) is 4.74 Å². The molecule has 0 bridgehead atoms. The summed E-state index contributed by atoms with van der Waals surface area (Å²) in [6.45, 7) is 4.45. The molecule has 0 amide bonds. The summed E-state index contributed by atoms with van der Waals surface area (Å²) in [5, 5.41) is 0. The number of unbranched alkanes of at least 4 members (excludes halogenated alkanes) is 1. The standard InChI is InChI=1S/C18H19FO2/c1-3-4-11-21-16-9-7-14(8-10-16)18(20)15-6-5-13(2)17(19)12-15/h5-10,12H,3-4,11H2,1-2H3. The Labute approximate surface area is 124 Å². The topological polar surface area (TPSA) is 26.3 Å². The van der Waals surface area contributed by atoms with Gasteiger partial charge in [0.05, 0.1) is 6.61 Å². The van der Waals surface area contributed by atoms with Gasteiger partial charge in [-0.05, 0) is 49.2 Å². The minimum absolute atomic E-state index is 0.186. The molecule has 21 heavy (non-hydrogen) atoms. The second-order valence-corrected chi connectivity index (χ2v) is 5.02. The average molecular weight is 286 g/mol. The first kappa shape index (κ1) is 15.2. The first-order valence-corrected chi connectivity index (χ1v) is 7.15. The van der Waals surface area contributed by atoms with Crippen molar-refractivity contribution in [2.24, 2.45) is 0 Å². The quantitative estimate of drug-likeness (QED) is 0.575. The van der Waals surface area contributed by atoms with Gasteiger partial charge in [-0.15, -0.1) is 0 Å². The Morgan fingerprint density at radius 3 is 2.38 bits per heavy atom. The van der Waals surface area contributed by atoms with Crippen LogP contribution >= 0.6 is 0 Å². The molecule has 0 fully saturated rings.